The molecule has 2 heteroatoms. The van der Waals surface area contributed by atoms with Crippen LogP contribution in [0.25, 0.3) is 0 Å². The molecule has 73 valence electrons. The molecule has 1 aliphatic rings. The lowest BCUT2D eigenvalue weighted by molar-refractivity contribution is 0.0972. The number of rotatable bonds is 1. The van der Waals surface area contributed by atoms with E-state index < -0.39 is 0 Å². The summed E-state index contributed by atoms with van der Waals surface area (Å²) >= 11 is 0. The Bertz CT molecular complexity index is 380. The second-order valence-corrected chi connectivity index (χ2v) is 3.70. The van der Waals surface area contributed by atoms with Crippen molar-refractivity contribution in [2.45, 2.75) is 32.6 Å². The van der Waals surface area contributed by atoms with Crippen LogP contribution in [0, 0.1) is 0 Å². The van der Waals surface area contributed by atoms with Crippen LogP contribution in [0.3, 0.4) is 0 Å². The predicted octanol–water partition coefficient (Wildman–Crippen LogP) is 2.91. The summed E-state index contributed by atoms with van der Waals surface area (Å²) in [5.74, 6) is 0.280. The maximum absolute atomic E-state index is 11.6. The van der Waals surface area contributed by atoms with E-state index >= 15 is 0 Å². The molecule has 0 saturated carbocycles. The molecule has 0 aromatic heterocycles. The standard InChI is InChI=1S/C12H13O2/c1-2-8-9-4-3-5-11(13)10(9)6-7-12(8)14/h6-7H,2-5H2,1H3. The van der Waals surface area contributed by atoms with Crippen LogP contribution in [0.5, 0.6) is 5.75 Å². The molecular formula is C12H13O2. The molecule has 0 amide bonds. The molecule has 0 saturated heterocycles. The van der Waals surface area contributed by atoms with Gasteiger partial charge in [0.2, 0.25) is 0 Å². The maximum Gasteiger partial charge on any atom is 0.182 e. The minimum atomic E-state index is 0.0842. The first kappa shape index (κ1) is 9.25. The van der Waals surface area contributed by atoms with E-state index in [1.807, 2.05) is 6.92 Å². The first-order valence-electron chi connectivity index (χ1n) is 5.09. The first-order chi connectivity index (χ1) is 6.74. The van der Waals surface area contributed by atoms with E-state index in [1.54, 1.807) is 6.07 Å². The molecule has 0 N–H and O–H groups in total. The second kappa shape index (κ2) is 3.45. The Morgan fingerprint density at radius 3 is 2.79 bits per heavy atom. The number of carbonyl (C=O) groups excluding carboxylic acids is 1. The Hall–Kier alpha value is -1.31. The lowest BCUT2D eigenvalue weighted by atomic mass is 9.86. The predicted molar refractivity (Wildman–Crippen MR) is 53.2 cm³/mol. The highest BCUT2D eigenvalue weighted by molar-refractivity contribution is 5.99. The molecule has 14 heavy (non-hydrogen) atoms. The monoisotopic (exact) mass is 189 g/mol. The number of carbonyl (C=O) groups is 1. The third-order valence-corrected chi connectivity index (χ3v) is 2.87. The molecule has 2 rings (SSSR count). The number of hydrogen-bond acceptors (Lipinski definition) is 1. The molecule has 0 atom stereocenters. The summed E-state index contributed by atoms with van der Waals surface area (Å²) in [7, 11) is 0. The van der Waals surface area contributed by atoms with E-state index in [0.29, 0.717) is 6.42 Å². The van der Waals surface area contributed by atoms with E-state index in [2.05, 4.69) is 0 Å². The van der Waals surface area contributed by atoms with Gasteiger partial charge in [0.25, 0.3) is 0 Å². The number of ketones is 1. The van der Waals surface area contributed by atoms with Gasteiger partial charge in [0.1, 0.15) is 0 Å². The van der Waals surface area contributed by atoms with Crippen LogP contribution in [0.15, 0.2) is 12.1 Å². The quantitative estimate of drug-likeness (QED) is 0.669. The van der Waals surface area contributed by atoms with Gasteiger partial charge in [-0.25, -0.2) is 0 Å². The number of Topliss-reactive ketones (excluding diaryl/α,β-unsaturated/α-hetero) is 1. The van der Waals surface area contributed by atoms with Crippen LogP contribution in [0.1, 0.15) is 41.3 Å². The summed E-state index contributed by atoms with van der Waals surface area (Å²) in [4.78, 5) is 11.6. The van der Waals surface area contributed by atoms with Crippen molar-refractivity contribution in [1.82, 2.24) is 0 Å². The van der Waals surface area contributed by atoms with Gasteiger partial charge in [0.15, 0.2) is 11.5 Å². The van der Waals surface area contributed by atoms with Crippen LogP contribution in [0.2, 0.25) is 0 Å². The molecule has 1 radical (unpaired) electrons. The Morgan fingerprint density at radius 1 is 1.29 bits per heavy atom. The van der Waals surface area contributed by atoms with E-state index in [-0.39, 0.29) is 11.5 Å². The Kier molecular flexibility index (Phi) is 2.28. The smallest absolute Gasteiger partial charge is 0.182 e. The van der Waals surface area contributed by atoms with Crippen molar-refractivity contribution in [2.75, 3.05) is 0 Å². The molecule has 0 heterocycles. The third kappa shape index (κ3) is 1.31. The van der Waals surface area contributed by atoms with E-state index in [9.17, 15) is 9.90 Å². The second-order valence-electron chi connectivity index (χ2n) is 3.70. The van der Waals surface area contributed by atoms with Crippen molar-refractivity contribution in [1.29, 1.82) is 0 Å². The van der Waals surface area contributed by atoms with Gasteiger partial charge in [-0.05, 0) is 37.0 Å². The number of benzene rings is 1. The van der Waals surface area contributed by atoms with Crippen molar-refractivity contribution in [2.24, 2.45) is 0 Å². The average molecular weight is 189 g/mol. The lowest BCUT2D eigenvalue weighted by Crippen LogP contribution is -2.12. The van der Waals surface area contributed by atoms with Gasteiger partial charge >= 0.3 is 0 Å². The van der Waals surface area contributed by atoms with Crippen LogP contribution < -0.4 is 0 Å². The zero-order valence-electron chi connectivity index (χ0n) is 8.30. The van der Waals surface area contributed by atoms with Gasteiger partial charge in [0.05, 0.1) is 0 Å². The fraction of sp³-hybridized carbons (Fsp3) is 0.417. The SMILES string of the molecule is CCc1c([O])ccc2c1CCCC2=O. The van der Waals surface area contributed by atoms with Crippen LogP contribution in [-0.2, 0) is 17.9 Å². The average Bonchev–Trinajstić information content (AvgIpc) is 2.18. The summed E-state index contributed by atoms with van der Waals surface area (Å²) < 4.78 is 0. The van der Waals surface area contributed by atoms with E-state index in [0.717, 1.165) is 36.0 Å². The Labute approximate surface area is 83.6 Å². The summed E-state index contributed by atoms with van der Waals surface area (Å²) in [6.07, 6.45) is 3.15. The van der Waals surface area contributed by atoms with Crippen molar-refractivity contribution < 1.29 is 9.90 Å². The van der Waals surface area contributed by atoms with E-state index in [4.69, 9.17) is 0 Å². The zero-order valence-corrected chi connectivity index (χ0v) is 8.30. The Balaban J connectivity index is 2.61. The molecule has 1 aliphatic carbocycles. The normalized spacial score (nSPS) is 15.4. The highest BCUT2D eigenvalue weighted by atomic mass is 16.3. The molecule has 0 fully saturated rings. The molecule has 0 aliphatic heterocycles. The minimum absolute atomic E-state index is 0.0842. The van der Waals surface area contributed by atoms with Gasteiger partial charge in [-0.3, -0.25) is 9.90 Å². The van der Waals surface area contributed by atoms with Crippen LogP contribution in [0.4, 0.5) is 0 Å². The van der Waals surface area contributed by atoms with Crippen LogP contribution >= 0.6 is 0 Å². The zero-order chi connectivity index (χ0) is 10.1. The highest BCUT2D eigenvalue weighted by Crippen LogP contribution is 2.30. The highest BCUT2D eigenvalue weighted by Gasteiger charge is 2.21. The third-order valence-electron chi connectivity index (χ3n) is 2.87. The van der Waals surface area contributed by atoms with Gasteiger partial charge in [-0.2, -0.15) is 0 Å². The van der Waals surface area contributed by atoms with Crippen molar-refractivity contribution >= 4 is 5.78 Å². The van der Waals surface area contributed by atoms with Gasteiger partial charge in [0, 0.05) is 17.5 Å². The maximum atomic E-state index is 11.6. The number of fused-ring (bicyclic) bond motifs is 1. The largest absolute Gasteiger partial charge is 0.294 e. The molecule has 0 spiro atoms. The van der Waals surface area contributed by atoms with Crippen LogP contribution in [-0.4, -0.2) is 5.78 Å². The summed E-state index contributed by atoms with van der Waals surface area (Å²) in [5.41, 5.74) is 2.64. The molecule has 0 bridgehead atoms. The van der Waals surface area contributed by atoms with Crippen molar-refractivity contribution in [3.05, 3.63) is 28.8 Å². The minimum Gasteiger partial charge on any atom is -0.294 e. The lowest BCUT2D eigenvalue weighted by Gasteiger charge is -2.17. The topological polar surface area (TPSA) is 37.0 Å². The summed E-state index contributed by atoms with van der Waals surface area (Å²) in [6, 6.07) is 3.22. The van der Waals surface area contributed by atoms with Gasteiger partial charge < -0.3 is 0 Å². The number of hydrogen-bond donors (Lipinski definition) is 0. The molecule has 0 unspecified atom stereocenters. The molecular weight excluding hydrogens is 176 g/mol. The van der Waals surface area contributed by atoms with E-state index in [1.165, 1.54) is 6.07 Å². The summed E-state index contributed by atoms with van der Waals surface area (Å²) in [6.45, 7) is 1.97. The molecule has 1 aromatic rings. The Morgan fingerprint density at radius 2 is 2.07 bits per heavy atom. The van der Waals surface area contributed by atoms with Gasteiger partial charge in [-0.1, -0.05) is 6.92 Å². The first-order valence-corrected chi connectivity index (χ1v) is 5.09. The van der Waals surface area contributed by atoms with Crippen molar-refractivity contribution in [3.8, 4) is 5.75 Å². The molecule has 2 nitrogen and oxygen atoms in total. The van der Waals surface area contributed by atoms with Crippen molar-refractivity contribution in [3.63, 3.8) is 0 Å². The summed E-state index contributed by atoms with van der Waals surface area (Å²) in [5, 5.41) is 11.5. The fourth-order valence-electron chi connectivity index (χ4n) is 2.17. The molecule has 1 aromatic carbocycles. The van der Waals surface area contributed by atoms with Gasteiger partial charge in [-0.15, -0.1) is 0 Å². The fourth-order valence-corrected chi connectivity index (χ4v) is 2.17.